The number of benzene rings is 2. The van der Waals surface area contributed by atoms with Crippen molar-refractivity contribution in [3.8, 4) is 17.4 Å². The van der Waals surface area contributed by atoms with Crippen molar-refractivity contribution in [1.29, 1.82) is 0 Å². The Morgan fingerprint density at radius 2 is 1.72 bits per heavy atom. The van der Waals surface area contributed by atoms with E-state index in [1.165, 1.54) is 12.1 Å². The van der Waals surface area contributed by atoms with Gasteiger partial charge in [0.2, 0.25) is 5.88 Å². The minimum atomic E-state index is -0.305. The zero-order chi connectivity index (χ0) is 20.5. The largest absolute Gasteiger partial charge is 0.497 e. The van der Waals surface area contributed by atoms with E-state index in [4.69, 9.17) is 9.47 Å². The molecule has 0 aliphatic rings. The highest BCUT2D eigenvalue weighted by atomic mass is 19.1. The number of aliphatic imine (C=N–C) groups is 1. The quantitative estimate of drug-likeness (QED) is 0.470. The predicted octanol–water partition coefficient (Wildman–Crippen LogP) is 3.89. The molecular weight excluding hydrogens is 371 g/mol. The third-order valence-corrected chi connectivity index (χ3v) is 4.11. The van der Waals surface area contributed by atoms with Gasteiger partial charge >= 0.3 is 0 Å². The van der Waals surface area contributed by atoms with Gasteiger partial charge in [0.25, 0.3) is 0 Å². The van der Waals surface area contributed by atoms with Crippen LogP contribution in [0.1, 0.15) is 11.1 Å². The van der Waals surface area contributed by atoms with Crippen LogP contribution in [-0.2, 0) is 13.1 Å². The first-order chi connectivity index (χ1) is 14.2. The fourth-order valence-electron chi connectivity index (χ4n) is 2.57. The van der Waals surface area contributed by atoms with E-state index >= 15 is 0 Å². The molecule has 3 aromatic rings. The SMILES string of the molecule is CN=C(NCc1ccc(Oc2ccc(F)cc2)nc1)NCc1cccc(OC)c1. The molecule has 7 heteroatoms. The maximum atomic E-state index is 12.9. The lowest BCUT2D eigenvalue weighted by molar-refractivity contribution is 0.414. The van der Waals surface area contributed by atoms with Gasteiger partial charge in [0.15, 0.2) is 5.96 Å². The van der Waals surface area contributed by atoms with Crippen LogP contribution in [0.4, 0.5) is 4.39 Å². The average molecular weight is 394 g/mol. The van der Waals surface area contributed by atoms with Crippen molar-refractivity contribution in [2.45, 2.75) is 13.1 Å². The van der Waals surface area contributed by atoms with Crippen molar-refractivity contribution in [3.05, 3.63) is 83.8 Å². The molecule has 0 radical (unpaired) electrons. The molecule has 0 aliphatic heterocycles. The van der Waals surface area contributed by atoms with Crippen molar-refractivity contribution in [2.24, 2.45) is 4.99 Å². The standard InChI is InChI=1S/C22H23FN4O2/c1-24-22(26-13-16-4-3-5-20(12-16)28-2)27-15-17-6-11-21(25-14-17)29-19-9-7-18(23)8-10-19/h3-12,14H,13,15H2,1-2H3,(H2,24,26,27). The molecule has 0 aliphatic carbocycles. The van der Waals surface area contributed by atoms with Gasteiger partial charge in [-0.25, -0.2) is 9.37 Å². The molecule has 0 saturated carbocycles. The number of ether oxygens (including phenoxy) is 2. The maximum absolute atomic E-state index is 12.9. The number of nitrogens with one attached hydrogen (secondary N) is 2. The van der Waals surface area contributed by atoms with Gasteiger partial charge in [0.05, 0.1) is 7.11 Å². The Labute approximate surface area is 169 Å². The molecule has 3 rings (SSSR count). The topological polar surface area (TPSA) is 67.8 Å². The Kier molecular flexibility index (Phi) is 7.00. The molecule has 2 N–H and O–H groups in total. The number of methoxy groups -OCH3 is 1. The Balaban J connectivity index is 1.49. The van der Waals surface area contributed by atoms with E-state index in [9.17, 15) is 4.39 Å². The van der Waals surface area contributed by atoms with E-state index < -0.39 is 0 Å². The number of halogens is 1. The second-order valence-corrected chi connectivity index (χ2v) is 6.19. The molecule has 1 heterocycles. The summed E-state index contributed by atoms with van der Waals surface area (Å²) in [7, 11) is 3.37. The van der Waals surface area contributed by atoms with E-state index in [2.05, 4.69) is 20.6 Å². The van der Waals surface area contributed by atoms with Crippen LogP contribution in [0.2, 0.25) is 0 Å². The second-order valence-electron chi connectivity index (χ2n) is 6.19. The van der Waals surface area contributed by atoms with Crippen LogP contribution < -0.4 is 20.1 Å². The highest BCUT2D eigenvalue weighted by molar-refractivity contribution is 5.79. The number of pyridine rings is 1. The summed E-state index contributed by atoms with van der Waals surface area (Å²) < 4.78 is 23.8. The van der Waals surface area contributed by atoms with E-state index in [1.807, 2.05) is 30.3 Å². The van der Waals surface area contributed by atoms with Gasteiger partial charge in [-0.15, -0.1) is 0 Å². The van der Waals surface area contributed by atoms with Crippen molar-refractivity contribution < 1.29 is 13.9 Å². The first-order valence-electron chi connectivity index (χ1n) is 9.12. The maximum Gasteiger partial charge on any atom is 0.219 e. The zero-order valence-electron chi connectivity index (χ0n) is 16.4. The molecule has 2 aromatic carbocycles. The lowest BCUT2D eigenvalue weighted by atomic mass is 10.2. The molecule has 0 bridgehead atoms. The molecule has 6 nitrogen and oxygen atoms in total. The first-order valence-corrected chi connectivity index (χ1v) is 9.12. The molecular formula is C22H23FN4O2. The van der Waals surface area contributed by atoms with Crippen LogP contribution in [0, 0.1) is 5.82 Å². The molecule has 0 atom stereocenters. The minimum absolute atomic E-state index is 0.305. The monoisotopic (exact) mass is 394 g/mol. The van der Waals surface area contributed by atoms with Crippen molar-refractivity contribution in [2.75, 3.05) is 14.2 Å². The Bertz CT molecular complexity index is 944. The van der Waals surface area contributed by atoms with Gasteiger partial charge in [-0.05, 0) is 47.5 Å². The molecule has 29 heavy (non-hydrogen) atoms. The van der Waals surface area contributed by atoms with Crippen molar-refractivity contribution in [1.82, 2.24) is 15.6 Å². The second kappa shape index (κ2) is 10.1. The third-order valence-electron chi connectivity index (χ3n) is 4.11. The van der Waals surface area contributed by atoms with Gasteiger partial charge in [0.1, 0.15) is 17.3 Å². The highest BCUT2D eigenvalue weighted by Gasteiger charge is 2.03. The average Bonchev–Trinajstić information content (AvgIpc) is 2.76. The molecule has 1 aromatic heterocycles. The van der Waals surface area contributed by atoms with Crippen LogP contribution >= 0.6 is 0 Å². The number of aromatic nitrogens is 1. The third kappa shape index (κ3) is 6.21. The predicted molar refractivity (Wildman–Crippen MR) is 111 cm³/mol. The van der Waals surface area contributed by atoms with Gasteiger partial charge in [-0.3, -0.25) is 4.99 Å². The fourth-order valence-corrected chi connectivity index (χ4v) is 2.57. The molecule has 0 saturated heterocycles. The number of hydrogen-bond donors (Lipinski definition) is 2. The highest BCUT2D eigenvalue weighted by Crippen LogP contribution is 2.19. The Morgan fingerprint density at radius 1 is 0.966 bits per heavy atom. The molecule has 0 spiro atoms. The molecule has 0 unspecified atom stereocenters. The normalized spacial score (nSPS) is 11.1. The van der Waals surface area contributed by atoms with Gasteiger partial charge < -0.3 is 20.1 Å². The summed E-state index contributed by atoms with van der Waals surface area (Å²) in [6.07, 6.45) is 1.72. The van der Waals surface area contributed by atoms with Crippen LogP contribution in [0.3, 0.4) is 0 Å². The van der Waals surface area contributed by atoms with Gasteiger partial charge in [0, 0.05) is 32.4 Å². The summed E-state index contributed by atoms with van der Waals surface area (Å²) in [6.45, 7) is 1.18. The minimum Gasteiger partial charge on any atom is -0.497 e. The van der Waals surface area contributed by atoms with Crippen molar-refractivity contribution in [3.63, 3.8) is 0 Å². The zero-order valence-corrected chi connectivity index (χ0v) is 16.4. The van der Waals surface area contributed by atoms with Crippen LogP contribution in [-0.4, -0.2) is 25.1 Å². The molecule has 0 amide bonds. The van der Waals surface area contributed by atoms with Gasteiger partial charge in [-0.1, -0.05) is 18.2 Å². The van der Waals surface area contributed by atoms with Crippen molar-refractivity contribution >= 4 is 5.96 Å². The fraction of sp³-hybridized carbons (Fsp3) is 0.182. The summed E-state index contributed by atoms with van der Waals surface area (Å²) in [5.41, 5.74) is 2.07. The van der Waals surface area contributed by atoms with Crippen LogP contribution in [0.5, 0.6) is 17.4 Å². The van der Waals surface area contributed by atoms with Gasteiger partial charge in [-0.2, -0.15) is 0 Å². The van der Waals surface area contributed by atoms with Crippen LogP contribution in [0.25, 0.3) is 0 Å². The lowest BCUT2D eigenvalue weighted by Gasteiger charge is -2.12. The molecule has 150 valence electrons. The number of guanidine groups is 1. The van der Waals surface area contributed by atoms with E-state index in [0.717, 1.165) is 16.9 Å². The van der Waals surface area contributed by atoms with E-state index in [-0.39, 0.29) is 5.82 Å². The summed E-state index contributed by atoms with van der Waals surface area (Å²) in [6, 6.07) is 17.3. The summed E-state index contributed by atoms with van der Waals surface area (Å²) in [4.78, 5) is 8.51. The Hall–Kier alpha value is -3.61. The summed E-state index contributed by atoms with van der Waals surface area (Å²) in [5, 5.41) is 6.51. The van der Waals surface area contributed by atoms with E-state index in [0.29, 0.717) is 30.7 Å². The summed E-state index contributed by atoms with van der Waals surface area (Å²) in [5.74, 6) is 2.17. The number of hydrogen-bond acceptors (Lipinski definition) is 4. The smallest absolute Gasteiger partial charge is 0.219 e. The molecule has 0 fully saturated rings. The number of rotatable bonds is 7. The lowest BCUT2D eigenvalue weighted by Crippen LogP contribution is -2.36. The number of nitrogens with zero attached hydrogens (tertiary/aromatic N) is 2. The van der Waals surface area contributed by atoms with Crippen LogP contribution in [0.15, 0.2) is 71.9 Å². The van der Waals surface area contributed by atoms with E-state index in [1.54, 1.807) is 38.6 Å². The Morgan fingerprint density at radius 3 is 2.38 bits per heavy atom. The summed E-state index contributed by atoms with van der Waals surface area (Å²) >= 11 is 0. The first kappa shape index (κ1) is 20.1.